The van der Waals surface area contributed by atoms with Crippen LogP contribution < -0.4 is 15.8 Å². The van der Waals surface area contributed by atoms with Crippen LogP contribution in [-0.4, -0.2) is 28.4 Å². The van der Waals surface area contributed by atoms with E-state index >= 15 is 0 Å². The van der Waals surface area contributed by atoms with Gasteiger partial charge >= 0.3 is 0 Å². The Morgan fingerprint density at radius 2 is 2.16 bits per heavy atom. The topological polar surface area (TPSA) is 64.3 Å². The molecule has 1 aromatic carbocycles. The van der Waals surface area contributed by atoms with Crippen molar-refractivity contribution in [1.29, 1.82) is 0 Å². The van der Waals surface area contributed by atoms with Crippen LogP contribution in [0.5, 0.6) is 5.75 Å². The lowest BCUT2D eigenvalue weighted by molar-refractivity contribution is 0.231. The highest BCUT2D eigenvalue weighted by molar-refractivity contribution is 7.84. The highest BCUT2D eigenvalue weighted by Gasteiger charge is 2.10. The molecule has 0 radical (unpaired) electrons. The van der Waals surface area contributed by atoms with Gasteiger partial charge in [-0.05, 0) is 13.8 Å². The number of benzene rings is 1. The number of nitrogen functional groups attached to an aromatic ring is 1. The predicted octanol–water partition coefficient (Wildman–Crippen LogP) is 2.38. The number of rotatable bonds is 7. The van der Waals surface area contributed by atoms with Gasteiger partial charge in [0.05, 0.1) is 17.5 Å². The summed E-state index contributed by atoms with van der Waals surface area (Å²) in [5.41, 5.74) is 6.65. The number of nitrogens with one attached hydrogen (secondary N) is 1. The smallest absolute Gasteiger partial charge is 0.167 e. The standard InChI is InChI=1S/C13H21FN2O2S/c1-4-19(17)6-5-16-12-8-13(18-9(2)3)10(14)7-11(12)15/h7-9,16H,4-6,15H2,1-3H3. The van der Waals surface area contributed by atoms with Crippen LogP contribution in [-0.2, 0) is 10.8 Å². The molecule has 1 aromatic rings. The SMILES string of the molecule is CCS(=O)CCNc1cc(OC(C)C)c(F)cc1N. The average Bonchev–Trinajstić information content (AvgIpc) is 2.33. The summed E-state index contributed by atoms with van der Waals surface area (Å²) >= 11 is 0. The average molecular weight is 288 g/mol. The molecule has 1 rings (SSSR count). The van der Waals surface area contributed by atoms with Crippen molar-refractivity contribution < 1.29 is 13.3 Å². The fourth-order valence-corrected chi connectivity index (χ4v) is 2.13. The van der Waals surface area contributed by atoms with Crippen molar-refractivity contribution in [3.63, 3.8) is 0 Å². The van der Waals surface area contributed by atoms with Crippen molar-refractivity contribution in [1.82, 2.24) is 0 Å². The maximum Gasteiger partial charge on any atom is 0.167 e. The van der Waals surface area contributed by atoms with E-state index in [0.717, 1.165) is 0 Å². The van der Waals surface area contributed by atoms with Crippen LogP contribution in [0.1, 0.15) is 20.8 Å². The summed E-state index contributed by atoms with van der Waals surface area (Å²) < 4.78 is 30.3. The van der Waals surface area contributed by atoms with Gasteiger partial charge in [0.25, 0.3) is 0 Å². The summed E-state index contributed by atoms with van der Waals surface area (Å²) in [5.74, 6) is 0.855. The first-order chi connectivity index (χ1) is 8.93. The highest BCUT2D eigenvalue weighted by Crippen LogP contribution is 2.28. The van der Waals surface area contributed by atoms with Crippen molar-refractivity contribution in [2.45, 2.75) is 26.9 Å². The Kier molecular flexibility index (Phi) is 6.08. The van der Waals surface area contributed by atoms with Crippen molar-refractivity contribution in [2.75, 3.05) is 29.1 Å². The van der Waals surface area contributed by atoms with E-state index in [1.54, 1.807) is 6.07 Å². The summed E-state index contributed by atoms with van der Waals surface area (Å²) in [5, 5.41) is 3.05. The van der Waals surface area contributed by atoms with Gasteiger partial charge in [-0.25, -0.2) is 4.39 Å². The number of hydrogen-bond acceptors (Lipinski definition) is 4. The minimum Gasteiger partial charge on any atom is -0.488 e. The minimum atomic E-state index is -0.835. The Morgan fingerprint density at radius 3 is 2.74 bits per heavy atom. The molecule has 0 heterocycles. The fraction of sp³-hybridized carbons (Fsp3) is 0.538. The molecule has 0 aliphatic heterocycles. The van der Waals surface area contributed by atoms with Gasteiger partial charge in [-0.3, -0.25) is 4.21 Å². The van der Waals surface area contributed by atoms with Crippen LogP contribution in [0.15, 0.2) is 12.1 Å². The first-order valence-corrected chi connectivity index (χ1v) is 7.77. The maximum atomic E-state index is 13.6. The summed E-state index contributed by atoms with van der Waals surface area (Å²) in [6, 6.07) is 2.77. The molecule has 4 nitrogen and oxygen atoms in total. The third kappa shape index (κ3) is 5.06. The molecule has 3 N–H and O–H groups in total. The molecular weight excluding hydrogens is 267 g/mol. The van der Waals surface area contributed by atoms with Gasteiger partial charge in [0.2, 0.25) is 0 Å². The van der Waals surface area contributed by atoms with Gasteiger partial charge in [0.15, 0.2) is 11.6 Å². The maximum absolute atomic E-state index is 13.6. The Labute approximate surface area is 116 Å². The van der Waals surface area contributed by atoms with Crippen LogP contribution in [0.4, 0.5) is 15.8 Å². The quantitative estimate of drug-likeness (QED) is 0.756. The van der Waals surface area contributed by atoms with Crippen molar-refractivity contribution in [2.24, 2.45) is 0 Å². The molecule has 0 saturated carbocycles. The lowest BCUT2D eigenvalue weighted by Gasteiger charge is -2.15. The number of nitrogens with two attached hydrogens (primary N) is 1. The molecule has 0 saturated heterocycles. The Hall–Kier alpha value is -1.30. The van der Waals surface area contributed by atoms with E-state index in [2.05, 4.69) is 5.32 Å². The van der Waals surface area contributed by atoms with Gasteiger partial charge in [-0.2, -0.15) is 0 Å². The fourth-order valence-electron chi connectivity index (χ4n) is 1.51. The zero-order valence-corrected chi connectivity index (χ0v) is 12.3. The minimum absolute atomic E-state index is 0.112. The zero-order chi connectivity index (χ0) is 14.4. The lowest BCUT2D eigenvalue weighted by atomic mass is 10.2. The Bertz CT molecular complexity index is 453. The first kappa shape index (κ1) is 15.8. The van der Waals surface area contributed by atoms with E-state index in [1.807, 2.05) is 20.8 Å². The number of anilines is 2. The molecule has 1 unspecified atom stereocenters. The van der Waals surface area contributed by atoms with Crippen LogP contribution >= 0.6 is 0 Å². The van der Waals surface area contributed by atoms with E-state index in [4.69, 9.17) is 10.5 Å². The number of hydrogen-bond donors (Lipinski definition) is 2. The second-order valence-electron chi connectivity index (χ2n) is 4.40. The molecule has 6 heteroatoms. The van der Waals surface area contributed by atoms with Crippen molar-refractivity contribution in [3.8, 4) is 5.75 Å². The molecule has 0 aromatic heterocycles. The first-order valence-electron chi connectivity index (χ1n) is 6.28. The molecular formula is C13H21FN2O2S. The molecule has 0 fully saturated rings. The second-order valence-corrected chi connectivity index (χ2v) is 6.26. The number of ether oxygens (including phenoxy) is 1. The Morgan fingerprint density at radius 1 is 1.47 bits per heavy atom. The summed E-state index contributed by atoms with van der Waals surface area (Å²) in [6.07, 6.45) is -0.112. The van der Waals surface area contributed by atoms with Crippen LogP contribution in [0.3, 0.4) is 0 Å². The van der Waals surface area contributed by atoms with Crippen molar-refractivity contribution in [3.05, 3.63) is 17.9 Å². The number of halogens is 1. The summed E-state index contributed by atoms with van der Waals surface area (Å²) in [6.45, 7) is 6.05. The van der Waals surface area contributed by atoms with Gasteiger partial charge in [0, 0.05) is 41.0 Å². The van der Waals surface area contributed by atoms with Crippen LogP contribution in [0.2, 0.25) is 0 Å². The normalized spacial score (nSPS) is 12.5. The van der Waals surface area contributed by atoms with Gasteiger partial charge in [-0.15, -0.1) is 0 Å². The van der Waals surface area contributed by atoms with E-state index in [1.165, 1.54) is 6.07 Å². The molecule has 0 aliphatic rings. The van der Waals surface area contributed by atoms with E-state index in [9.17, 15) is 8.60 Å². The van der Waals surface area contributed by atoms with Gasteiger partial charge in [0.1, 0.15) is 0 Å². The highest BCUT2D eigenvalue weighted by atomic mass is 32.2. The third-order valence-electron chi connectivity index (χ3n) is 2.43. The van der Waals surface area contributed by atoms with Gasteiger partial charge < -0.3 is 15.8 Å². The Balaban J connectivity index is 2.74. The molecule has 19 heavy (non-hydrogen) atoms. The second kappa shape index (κ2) is 7.33. The molecule has 0 aliphatic carbocycles. The van der Waals surface area contributed by atoms with E-state index < -0.39 is 16.6 Å². The summed E-state index contributed by atoms with van der Waals surface area (Å²) in [4.78, 5) is 0. The van der Waals surface area contributed by atoms with Crippen molar-refractivity contribution >= 4 is 22.2 Å². The molecule has 0 bridgehead atoms. The van der Waals surface area contributed by atoms with E-state index in [0.29, 0.717) is 29.4 Å². The van der Waals surface area contributed by atoms with Gasteiger partial charge in [-0.1, -0.05) is 6.92 Å². The predicted molar refractivity (Wildman–Crippen MR) is 78.6 cm³/mol. The van der Waals surface area contributed by atoms with Crippen LogP contribution in [0, 0.1) is 5.82 Å². The molecule has 0 amide bonds. The summed E-state index contributed by atoms with van der Waals surface area (Å²) in [7, 11) is -0.835. The molecule has 1 atom stereocenters. The molecule has 0 spiro atoms. The third-order valence-corrected chi connectivity index (χ3v) is 3.74. The largest absolute Gasteiger partial charge is 0.488 e. The monoisotopic (exact) mass is 288 g/mol. The van der Waals surface area contributed by atoms with Crippen LogP contribution in [0.25, 0.3) is 0 Å². The molecule has 108 valence electrons. The lowest BCUT2D eigenvalue weighted by Crippen LogP contribution is -2.14. The zero-order valence-electron chi connectivity index (χ0n) is 11.5. The van der Waals surface area contributed by atoms with E-state index in [-0.39, 0.29) is 11.9 Å².